The first-order valence-corrected chi connectivity index (χ1v) is 7.19. The van der Waals surface area contributed by atoms with Crippen molar-refractivity contribution < 1.29 is 13.9 Å². The number of hydrogen-bond acceptors (Lipinski definition) is 3. The lowest BCUT2D eigenvalue weighted by Gasteiger charge is -2.28. The standard InChI is InChI=1S/C16H22FNO2/c1-11(12-4-3-7-18-10-12)8-16(19)14-6-5-13(20-2)9-15(14)17/h5-6,9,11-12,18H,3-4,7-8,10H2,1-2H3. The summed E-state index contributed by atoms with van der Waals surface area (Å²) in [6.45, 7) is 4.10. The number of nitrogens with one attached hydrogen (secondary N) is 1. The Bertz CT molecular complexity index is 470. The van der Waals surface area contributed by atoms with Crippen molar-refractivity contribution in [2.45, 2.75) is 26.2 Å². The zero-order valence-electron chi connectivity index (χ0n) is 12.1. The van der Waals surface area contributed by atoms with E-state index in [9.17, 15) is 9.18 Å². The van der Waals surface area contributed by atoms with Crippen LogP contribution in [-0.4, -0.2) is 26.0 Å². The Morgan fingerprint density at radius 3 is 2.95 bits per heavy atom. The van der Waals surface area contributed by atoms with Gasteiger partial charge in [0.2, 0.25) is 0 Å². The Morgan fingerprint density at radius 2 is 2.35 bits per heavy atom. The van der Waals surface area contributed by atoms with Gasteiger partial charge in [0, 0.05) is 12.5 Å². The number of carbonyl (C=O) groups excluding carboxylic acids is 1. The summed E-state index contributed by atoms with van der Waals surface area (Å²) in [5.41, 5.74) is 0.168. The fourth-order valence-corrected chi connectivity index (χ4v) is 2.78. The number of rotatable bonds is 5. The molecule has 4 heteroatoms. The molecule has 0 radical (unpaired) electrons. The number of ketones is 1. The molecule has 0 saturated carbocycles. The Hall–Kier alpha value is -1.42. The lowest BCUT2D eigenvalue weighted by Crippen LogP contribution is -2.34. The van der Waals surface area contributed by atoms with Gasteiger partial charge in [-0.3, -0.25) is 4.79 Å². The lowest BCUT2D eigenvalue weighted by atomic mass is 9.83. The minimum Gasteiger partial charge on any atom is -0.497 e. The summed E-state index contributed by atoms with van der Waals surface area (Å²) in [7, 11) is 1.48. The van der Waals surface area contributed by atoms with Crippen LogP contribution < -0.4 is 10.1 Å². The maximum Gasteiger partial charge on any atom is 0.166 e. The first kappa shape index (κ1) is 15.0. The van der Waals surface area contributed by atoms with Crippen LogP contribution in [0.4, 0.5) is 4.39 Å². The van der Waals surface area contributed by atoms with Gasteiger partial charge in [-0.25, -0.2) is 4.39 Å². The first-order chi connectivity index (χ1) is 9.61. The SMILES string of the molecule is COc1ccc(C(=O)CC(C)C2CCCNC2)c(F)c1. The molecular formula is C16H22FNO2. The lowest BCUT2D eigenvalue weighted by molar-refractivity contribution is 0.0939. The quantitative estimate of drug-likeness (QED) is 0.842. The minimum atomic E-state index is -0.497. The van der Waals surface area contributed by atoms with E-state index in [0.717, 1.165) is 25.9 Å². The fourth-order valence-electron chi connectivity index (χ4n) is 2.78. The highest BCUT2D eigenvalue weighted by molar-refractivity contribution is 5.96. The normalized spacial score (nSPS) is 20.4. The van der Waals surface area contributed by atoms with E-state index in [-0.39, 0.29) is 17.3 Å². The zero-order chi connectivity index (χ0) is 14.5. The largest absolute Gasteiger partial charge is 0.497 e. The van der Waals surface area contributed by atoms with E-state index in [1.807, 2.05) is 0 Å². The van der Waals surface area contributed by atoms with E-state index in [1.54, 1.807) is 6.07 Å². The molecule has 1 aromatic rings. The Labute approximate surface area is 119 Å². The number of methoxy groups -OCH3 is 1. The maximum atomic E-state index is 13.9. The second-order valence-electron chi connectivity index (χ2n) is 5.56. The van der Waals surface area contributed by atoms with E-state index in [2.05, 4.69) is 12.2 Å². The van der Waals surface area contributed by atoms with Gasteiger partial charge < -0.3 is 10.1 Å². The van der Waals surface area contributed by atoms with Gasteiger partial charge in [-0.15, -0.1) is 0 Å². The monoisotopic (exact) mass is 279 g/mol. The van der Waals surface area contributed by atoms with Crippen LogP contribution in [0.1, 0.15) is 36.5 Å². The predicted molar refractivity (Wildman–Crippen MR) is 76.7 cm³/mol. The Kier molecular flexibility index (Phi) is 5.12. The molecule has 3 nitrogen and oxygen atoms in total. The van der Waals surface area contributed by atoms with Crippen molar-refractivity contribution in [2.75, 3.05) is 20.2 Å². The van der Waals surface area contributed by atoms with Crippen LogP contribution in [0.15, 0.2) is 18.2 Å². The Morgan fingerprint density at radius 1 is 1.55 bits per heavy atom. The van der Waals surface area contributed by atoms with Crippen molar-refractivity contribution in [3.8, 4) is 5.75 Å². The van der Waals surface area contributed by atoms with E-state index >= 15 is 0 Å². The zero-order valence-corrected chi connectivity index (χ0v) is 12.1. The molecule has 2 rings (SSSR count). The van der Waals surface area contributed by atoms with Gasteiger partial charge >= 0.3 is 0 Å². The average molecular weight is 279 g/mol. The highest BCUT2D eigenvalue weighted by atomic mass is 19.1. The third-order valence-electron chi connectivity index (χ3n) is 4.12. The second kappa shape index (κ2) is 6.84. The van der Waals surface area contributed by atoms with Gasteiger partial charge in [-0.2, -0.15) is 0 Å². The smallest absolute Gasteiger partial charge is 0.166 e. The molecule has 110 valence electrons. The van der Waals surface area contributed by atoms with E-state index in [0.29, 0.717) is 18.1 Å². The van der Waals surface area contributed by atoms with Crippen molar-refractivity contribution in [1.29, 1.82) is 0 Å². The third kappa shape index (κ3) is 3.57. The minimum absolute atomic E-state index is 0.122. The van der Waals surface area contributed by atoms with E-state index in [1.165, 1.54) is 19.2 Å². The van der Waals surface area contributed by atoms with Crippen LogP contribution in [0.5, 0.6) is 5.75 Å². The van der Waals surface area contributed by atoms with E-state index < -0.39 is 5.82 Å². The number of hydrogen-bond donors (Lipinski definition) is 1. The summed E-state index contributed by atoms with van der Waals surface area (Å²) in [6.07, 6.45) is 2.70. The summed E-state index contributed by atoms with van der Waals surface area (Å²) < 4.78 is 18.8. The molecule has 1 saturated heterocycles. The predicted octanol–water partition coefficient (Wildman–Crippen LogP) is 3.04. The summed E-state index contributed by atoms with van der Waals surface area (Å²) in [4.78, 5) is 12.2. The number of benzene rings is 1. The summed E-state index contributed by atoms with van der Waals surface area (Å²) in [5.74, 6) is 0.598. The highest BCUT2D eigenvalue weighted by Crippen LogP contribution is 2.25. The van der Waals surface area contributed by atoms with Crippen molar-refractivity contribution in [1.82, 2.24) is 5.32 Å². The van der Waals surface area contributed by atoms with Crippen molar-refractivity contribution >= 4 is 5.78 Å². The topological polar surface area (TPSA) is 38.3 Å². The molecule has 1 N–H and O–H groups in total. The van der Waals surface area contributed by atoms with Gasteiger partial charge in [0.15, 0.2) is 5.78 Å². The second-order valence-corrected chi connectivity index (χ2v) is 5.56. The van der Waals surface area contributed by atoms with Gasteiger partial charge in [0.25, 0.3) is 0 Å². The van der Waals surface area contributed by atoms with E-state index in [4.69, 9.17) is 4.74 Å². The third-order valence-corrected chi connectivity index (χ3v) is 4.12. The maximum absolute atomic E-state index is 13.9. The molecule has 1 aliphatic heterocycles. The van der Waals surface area contributed by atoms with Gasteiger partial charge in [-0.1, -0.05) is 6.92 Å². The van der Waals surface area contributed by atoms with Crippen molar-refractivity contribution in [3.05, 3.63) is 29.6 Å². The molecule has 2 unspecified atom stereocenters. The molecule has 2 atom stereocenters. The summed E-state index contributed by atoms with van der Waals surface area (Å²) in [5, 5.41) is 3.35. The van der Waals surface area contributed by atoms with Crippen LogP contribution in [0.2, 0.25) is 0 Å². The van der Waals surface area contributed by atoms with Crippen molar-refractivity contribution in [2.24, 2.45) is 11.8 Å². The molecule has 1 aromatic carbocycles. The van der Waals surface area contributed by atoms with Crippen LogP contribution in [0.25, 0.3) is 0 Å². The molecule has 0 amide bonds. The molecular weight excluding hydrogens is 257 g/mol. The van der Waals surface area contributed by atoms with Gasteiger partial charge in [0.05, 0.1) is 12.7 Å². The summed E-state index contributed by atoms with van der Waals surface area (Å²) in [6, 6.07) is 4.41. The average Bonchev–Trinajstić information content (AvgIpc) is 2.47. The summed E-state index contributed by atoms with van der Waals surface area (Å²) >= 11 is 0. The highest BCUT2D eigenvalue weighted by Gasteiger charge is 2.23. The van der Waals surface area contributed by atoms with Crippen molar-refractivity contribution in [3.63, 3.8) is 0 Å². The fraction of sp³-hybridized carbons (Fsp3) is 0.562. The van der Waals surface area contributed by atoms with Crippen LogP contribution in [-0.2, 0) is 0 Å². The number of halogens is 1. The molecule has 20 heavy (non-hydrogen) atoms. The number of ether oxygens (including phenoxy) is 1. The molecule has 0 spiro atoms. The molecule has 1 aliphatic rings. The Balaban J connectivity index is 2.00. The molecule has 0 bridgehead atoms. The number of Topliss-reactive ketones (excluding diaryl/α,β-unsaturated/α-hetero) is 1. The molecule has 0 aromatic heterocycles. The number of carbonyl (C=O) groups is 1. The number of piperidine rings is 1. The molecule has 0 aliphatic carbocycles. The van der Waals surface area contributed by atoms with Gasteiger partial charge in [0.1, 0.15) is 11.6 Å². The molecule has 1 fully saturated rings. The molecule has 1 heterocycles. The van der Waals surface area contributed by atoms with Crippen LogP contribution >= 0.6 is 0 Å². The first-order valence-electron chi connectivity index (χ1n) is 7.19. The van der Waals surface area contributed by atoms with Gasteiger partial charge in [-0.05, 0) is 49.9 Å². The van der Waals surface area contributed by atoms with Crippen LogP contribution in [0, 0.1) is 17.7 Å². The van der Waals surface area contributed by atoms with Crippen LogP contribution in [0.3, 0.4) is 0 Å².